The summed E-state index contributed by atoms with van der Waals surface area (Å²) < 4.78 is 5.43. The molecule has 0 spiro atoms. The number of pyridine rings is 1. The molecule has 0 N–H and O–H groups in total. The Morgan fingerprint density at radius 3 is 3.12 bits per heavy atom. The molecule has 5 heteroatoms. The summed E-state index contributed by atoms with van der Waals surface area (Å²) >= 11 is 7.86. The zero-order chi connectivity index (χ0) is 12.3. The first-order valence-corrected chi connectivity index (χ1v) is 7.47. The molecule has 1 unspecified atom stereocenters. The number of hydrogen-bond donors (Lipinski definition) is 0. The van der Waals surface area contributed by atoms with Gasteiger partial charge in [-0.1, -0.05) is 11.6 Å². The van der Waals surface area contributed by atoms with Gasteiger partial charge in [-0.2, -0.15) is 11.8 Å². The van der Waals surface area contributed by atoms with E-state index in [0.29, 0.717) is 11.2 Å². The molecule has 1 aliphatic heterocycles. The van der Waals surface area contributed by atoms with Crippen molar-refractivity contribution >= 4 is 29.2 Å². The number of aromatic nitrogens is 1. The highest BCUT2D eigenvalue weighted by atomic mass is 35.5. The van der Waals surface area contributed by atoms with Gasteiger partial charge < -0.3 is 9.64 Å². The van der Waals surface area contributed by atoms with Gasteiger partial charge in [0.15, 0.2) is 0 Å². The van der Waals surface area contributed by atoms with Crippen molar-refractivity contribution < 1.29 is 4.74 Å². The van der Waals surface area contributed by atoms with E-state index in [0.717, 1.165) is 31.3 Å². The van der Waals surface area contributed by atoms with E-state index in [4.69, 9.17) is 16.3 Å². The zero-order valence-electron chi connectivity index (χ0n) is 10.1. The molecule has 94 valence electrons. The molecule has 1 fully saturated rings. The molecule has 2 heterocycles. The molecule has 1 aromatic rings. The van der Waals surface area contributed by atoms with Crippen molar-refractivity contribution in [1.29, 1.82) is 0 Å². The molecule has 1 atom stereocenters. The molecular formula is C12H17ClN2OS. The molecule has 2 rings (SSSR count). The molecule has 0 radical (unpaired) electrons. The summed E-state index contributed by atoms with van der Waals surface area (Å²) in [7, 11) is 0. The van der Waals surface area contributed by atoms with E-state index < -0.39 is 0 Å². The third-order valence-corrected chi connectivity index (χ3v) is 3.63. The van der Waals surface area contributed by atoms with Crippen LogP contribution in [0.2, 0.25) is 5.15 Å². The van der Waals surface area contributed by atoms with Gasteiger partial charge in [0.2, 0.25) is 0 Å². The lowest BCUT2D eigenvalue weighted by Crippen LogP contribution is -2.44. The topological polar surface area (TPSA) is 25.4 Å². The van der Waals surface area contributed by atoms with E-state index in [1.165, 1.54) is 5.56 Å². The van der Waals surface area contributed by atoms with Crippen LogP contribution in [0.3, 0.4) is 0 Å². The number of thioether (sulfide) groups is 1. The van der Waals surface area contributed by atoms with E-state index in [-0.39, 0.29) is 0 Å². The minimum atomic E-state index is 0.358. The summed E-state index contributed by atoms with van der Waals surface area (Å²) in [5.74, 6) is 1.94. The fourth-order valence-corrected chi connectivity index (χ4v) is 2.73. The molecule has 3 nitrogen and oxygen atoms in total. The second-order valence-corrected chi connectivity index (χ2v) is 5.46. The Labute approximate surface area is 111 Å². The summed E-state index contributed by atoms with van der Waals surface area (Å²) in [6.45, 7) is 4.55. The first-order valence-electron chi connectivity index (χ1n) is 5.70. The minimum Gasteiger partial charge on any atom is -0.377 e. The molecule has 0 aromatic carbocycles. The Morgan fingerprint density at radius 2 is 2.41 bits per heavy atom. The van der Waals surface area contributed by atoms with E-state index in [9.17, 15) is 0 Å². The Bertz CT molecular complexity index is 389. The van der Waals surface area contributed by atoms with Crippen LogP contribution in [-0.2, 0) is 10.5 Å². The van der Waals surface area contributed by atoms with Crippen LogP contribution >= 0.6 is 23.4 Å². The molecule has 1 aliphatic rings. The Balaban J connectivity index is 2.24. The highest BCUT2D eigenvalue weighted by Gasteiger charge is 2.20. The van der Waals surface area contributed by atoms with Gasteiger partial charge in [0.1, 0.15) is 11.0 Å². The molecule has 0 saturated carbocycles. The van der Waals surface area contributed by atoms with Crippen LogP contribution in [0.15, 0.2) is 12.1 Å². The maximum absolute atomic E-state index is 6.07. The van der Waals surface area contributed by atoms with Crippen molar-refractivity contribution in [2.24, 2.45) is 0 Å². The average molecular weight is 273 g/mol. The van der Waals surface area contributed by atoms with Crippen LogP contribution in [0.4, 0.5) is 5.82 Å². The van der Waals surface area contributed by atoms with Gasteiger partial charge in [-0.25, -0.2) is 4.98 Å². The molecule has 0 aliphatic carbocycles. The van der Waals surface area contributed by atoms with Crippen molar-refractivity contribution in [3.63, 3.8) is 0 Å². The predicted octanol–water partition coefficient (Wildman–Crippen LogP) is 2.82. The summed E-state index contributed by atoms with van der Waals surface area (Å²) in [5, 5.41) is 0.574. The summed E-state index contributed by atoms with van der Waals surface area (Å²) in [6, 6.07) is 4.42. The van der Waals surface area contributed by atoms with Crippen LogP contribution in [-0.4, -0.2) is 37.0 Å². The van der Waals surface area contributed by atoms with E-state index in [1.54, 1.807) is 11.8 Å². The maximum Gasteiger partial charge on any atom is 0.131 e. The SMILES string of the molecule is CSCc1cc(Cl)nc(N2CCOCC2C)c1. The van der Waals surface area contributed by atoms with Gasteiger partial charge in [0.05, 0.1) is 19.3 Å². The molecular weight excluding hydrogens is 256 g/mol. The largest absolute Gasteiger partial charge is 0.377 e. The standard InChI is InChI=1S/C12H17ClN2OS/c1-9-7-16-4-3-15(9)12-6-10(8-17-2)5-11(13)14-12/h5-6,9H,3-4,7-8H2,1-2H3. The molecule has 0 bridgehead atoms. The van der Waals surface area contributed by atoms with Crippen molar-refractivity contribution in [3.8, 4) is 0 Å². The van der Waals surface area contributed by atoms with Gasteiger partial charge in [0, 0.05) is 12.3 Å². The normalized spacial score (nSPS) is 20.6. The first-order chi connectivity index (χ1) is 8.20. The molecule has 1 saturated heterocycles. The van der Waals surface area contributed by atoms with E-state index in [2.05, 4.69) is 29.1 Å². The van der Waals surface area contributed by atoms with Gasteiger partial charge in [0.25, 0.3) is 0 Å². The number of rotatable bonds is 3. The predicted molar refractivity (Wildman–Crippen MR) is 74.1 cm³/mol. The smallest absolute Gasteiger partial charge is 0.131 e. The Morgan fingerprint density at radius 1 is 1.59 bits per heavy atom. The fourth-order valence-electron chi connectivity index (χ4n) is 2.00. The Hall–Kier alpha value is -0.450. The number of anilines is 1. The van der Waals surface area contributed by atoms with Crippen molar-refractivity contribution in [2.75, 3.05) is 30.9 Å². The average Bonchev–Trinajstić information content (AvgIpc) is 2.29. The molecule has 0 amide bonds. The lowest BCUT2D eigenvalue weighted by atomic mass is 10.2. The number of morpholine rings is 1. The number of ether oxygens (including phenoxy) is 1. The van der Waals surface area contributed by atoms with Gasteiger partial charge in [-0.3, -0.25) is 0 Å². The summed E-state index contributed by atoms with van der Waals surface area (Å²) in [6.07, 6.45) is 2.09. The Kier molecular flexibility index (Phi) is 4.54. The van der Waals surface area contributed by atoms with Crippen LogP contribution < -0.4 is 4.90 Å². The second kappa shape index (κ2) is 5.94. The molecule has 17 heavy (non-hydrogen) atoms. The van der Waals surface area contributed by atoms with E-state index >= 15 is 0 Å². The fraction of sp³-hybridized carbons (Fsp3) is 0.583. The number of halogens is 1. The van der Waals surface area contributed by atoms with Crippen LogP contribution in [0.25, 0.3) is 0 Å². The van der Waals surface area contributed by atoms with Crippen molar-refractivity contribution in [3.05, 3.63) is 22.8 Å². The van der Waals surface area contributed by atoms with Gasteiger partial charge in [-0.05, 0) is 30.9 Å². The van der Waals surface area contributed by atoms with Crippen molar-refractivity contribution in [2.45, 2.75) is 18.7 Å². The van der Waals surface area contributed by atoms with E-state index in [1.807, 2.05) is 6.07 Å². The highest BCUT2D eigenvalue weighted by molar-refractivity contribution is 7.97. The third kappa shape index (κ3) is 3.27. The lowest BCUT2D eigenvalue weighted by Gasteiger charge is -2.34. The van der Waals surface area contributed by atoms with Crippen LogP contribution in [0.5, 0.6) is 0 Å². The monoisotopic (exact) mass is 272 g/mol. The quantitative estimate of drug-likeness (QED) is 0.790. The minimum absolute atomic E-state index is 0.358. The number of nitrogens with zero attached hydrogens (tertiary/aromatic N) is 2. The summed E-state index contributed by atoms with van der Waals surface area (Å²) in [4.78, 5) is 6.68. The van der Waals surface area contributed by atoms with Crippen LogP contribution in [0.1, 0.15) is 12.5 Å². The van der Waals surface area contributed by atoms with Gasteiger partial charge >= 0.3 is 0 Å². The second-order valence-electron chi connectivity index (χ2n) is 4.21. The highest BCUT2D eigenvalue weighted by Crippen LogP contribution is 2.23. The third-order valence-electron chi connectivity index (χ3n) is 2.81. The van der Waals surface area contributed by atoms with Gasteiger partial charge in [-0.15, -0.1) is 0 Å². The number of hydrogen-bond acceptors (Lipinski definition) is 4. The van der Waals surface area contributed by atoms with Crippen LogP contribution in [0, 0.1) is 0 Å². The maximum atomic E-state index is 6.07. The first kappa shape index (κ1) is 13.0. The molecule has 1 aromatic heterocycles. The summed E-state index contributed by atoms with van der Waals surface area (Å²) in [5.41, 5.74) is 1.23. The lowest BCUT2D eigenvalue weighted by molar-refractivity contribution is 0.0985. The zero-order valence-corrected chi connectivity index (χ0v) is 11.7. The van der Waals surface area contributed by atoms with Crippen molar-refractivity contribution in [1.82, 2.24) is 4.98 Å².